The van der Waals surface area contributed by atoms with E-state index in [0.29, 0.717) is 13.1 Å². The number of amides is 2. The van der Waals surface area contributed by atoms with Gasteiger partial charge in [0.1, 0.15) is 5.82 Å². The molecule has 2 heterocycles. The molecule has 30 heavy (non-hydrogen) atoms. The second kappa shape index (κ2) is 7.42. The first kappa shape index (κ1) is 20.4. The second-order valence-corrected chi connectivity index (χ2v) is 7.23. The Balaban J connectivity index is 1.44. The van der Waals surface area contributed by atoms with Crippen molar-refractivity contribution in [1.29, 1.82) is 0 Å². The summed E-state index contributed by atoms with van der Waals surface area (Å²) in [4.78, 5) is 15.7. The number of urea groups is 1. The summed E-state index contributed by atoms with van der Waals surface area (Å²) in [5, 5.41) is 2.00. The number of anilines is 1. The fourth-order valence-electron chi connectivity index (χ4n) is 3.25. The molecule has 1 unspecified atom stereocenters. The zero-order valence-electron chi connectivity index (χ0n) is 15.4. The summed E-state index contributed by atoms with van der Waals surface area (Å²) >= 11 is 5.79. The summed E-state index contributed by atoms with van der Waals surface area (Å²) in [5.74, 6) is -4.11. The van der Waals surface area contributed by atoms with Gasteiger partial charge in [0.05, 0.1) is 0 Å². The number of rotatable bonds is 2. The summed E-state index contributed by atoms with van der Waals surface area (Å²) < 4.78 is 64.3. The Morgan fingerprint density at radius 1 is 1.00 bits per heavy atom. The zero-order valence-corrected chi connectivity index (χ0v) is 16.1. The van der Waals surface area contributed by atoms with Crippen molar-refractivity contribution in [3.8, 4) is 11.5 Å². The minimum atomic E-state index is -5.05. The number of hydrogen-bond donors (Lipinski definition) is 1. The summed E-state index contributed by atoms with van der Waals surface area (Å²) in [7, 11) is 0. The molecular weight excluding hydrogens is 430 g/mol. The molecule has 1 fully saturated rings. The van der Waals surface area contributed by atoms with E-state index in [9.17, 15) is 22.4 Å². The fraction of sp³-hybridized carbons (Fsp3) is 0.316. The van der Waals surface area contributed by atoms with Gasteiger partial charge >= 0.3 is 18.1 Å². The number of piperazine rings is 1. The number of alkyl halides is 3. The molecule has 11 heteroatoms. The number of fused-ring (bicyclic) bond motifs is 1. The number of carbonyl (C=O) groups excluding carboxylic acids is 1. The van der Waals surface area contributed by atoms with Gasteiger partial charge in [0.15, 0.2) is 11.5 Å². The predicted molar refractivity (Wildman–Crippen MR) is 100 cm³/mol. The van der Waals surface area contributed by atoms with Gasteiger partial charge in [-0.25, -0.2) is 9.18 Å². The van der Waals surface area contributed by atoms with Crippen LogP contribution >= 0.6 is 11.6 Å². The Kier molecular flexibility index (Phi) is 5.05. The standard InChI is InChI=1S/C19H16ClF4N3O3/c20-12-1-6-15-16(11-12)30-19(29-15,18(22,23)24)25-17(28)27-9-7-26(8-10-27)14-4-2-13(21)3-5-14/h1-6,11H,7-10H2,(H,25,28). The molecule has 0 spiro atoms. The lowest BCUT2D eigenvalue weighted by Gasteiger charge is -2.38. The van der Waals surface area contributed by atoms with Crippen LogP contribution in [0, 0.1) is 5.82 Å². The van der Waals surface area contributed by atoms with Crippen LogP contribution in [-0.4, -0.2) is 49.2 Å². The molecule has 6 nitrogen and oxygen atoms in total. The van der Waals surface area contributed by atoms with Crippen LogP contribution in [0.4, 0.5) is 28.0 Å². The topological polar surface area (TPSA) is 54.0 Å². The molecule has 2 aromatic rings. The Hall–Kier alpha value is -2.88. The van der Waals surface area contributed by atoms with Crippen molar-refractivity contribution in [1.82, 2.24) is 10.2 Å². The Morgan fingerprint density at radius 2 is 1.63 bits per heavy atom. The summed E-state index contributed by atoms with van der Waals surface area (Å²) in [5.41, 5.74) is 0.762. The number of nitrogens with zero attached hydrogens (tertiary/aromatic N) is 2. The fourth-order valence-corrected chi connectivity index (χ4v) is 3.42. The highest BCUT2D eigenvalue weighted by atomic mass is 35.5. The maximum atomic E-state index is 13.8. The molecule has 1 N–H and O–H groups in total. The van der Waals surface area contributed by atoms with E-state index in [0.717, 1.165) is 5.69 Å². The average Bonchev–Trinajstić information content (AvgIpc) is 3.07. The molecule has 2 aliphatic heterocycles. The summed E-state index contributed by atoms with van der Waals surface area (Å²) in [6.45, 7) is 1.07. The minimum Gasteiger partial charge on any atom is -0.424 e. The molecule has 160 valence electrons. The zero-order chi connectivity index (χ0) is 21.5. The quantitative estimate of drug-likeness (QED) is 0.710. The van der Waals surface area contributed by atoms with Gasteiger partial charge in [0.2, 0.25) is 0 Å². The van der Waals surface area contributed by atoms with E-state index in [-0.39, 0.29) is 35.4 Å². The lowest BCUT2D eigenvalue weighted by atomic mass is 10.2. The molecule has 2 aromatic carbocycles. The van der Waals surface area contributed by atoms with Crippen LogP contribution in [-0.2, 0) is 0 Å². The highest BCUT2D eigenvalue weighted by molar-refractivity contribution is 6.30. The molecule has 0 aromatic heterocycles. The van der Waals surface area contributed by atoms with E-state index in [1.165, 1.54) is 35.2 Å². The maximum Gasteiger partial charge on any atom is 0.492 e. The summed E-state index contributed by atoms with van der Waals surface area (Å²) in [6.07, 6.45) is -5.05. The second-order valence-electron chi connectivity index (χ2n) is 6.79. The van der Waals surface area contributed by atoms with Gasteiger partial charge in [-0.2, -0.15) is 13.2 Å². The van der Waals surface area contributed by atoms with Gasteiger partial charge in [-0.15, -0.1) is 0 Å². The van der Waals surface area contributed by atoms with Gasteiger partial charge in [-0.3, -0.25) is 5.32 Å². The molecule has 0 radical (unpaired) electrons. The van der Waals surface area contributed by atoms with E-state index in [1.807, 2.05) is 10.2 Å². The first-order valence-electron chi connectivity index (χ1n) is 8.99. The third-order valence-electron chi connectivity index (χ3n) is 4.82. The van der Waals surface area contributed by atoms with Gasteiger partial charge < -0.3 is 19.3 Å². The molecule has 2 amide bonds. The van der Waals surface area contributed by atoms with Gasteiger partial charge in [-0.05, 0) is 36.4 Å². The number of benzene rings is 2. The Labute approximate surface area is 173 Å². The van der Waals surface area contributed by atoms with Gasteiger partial charge in [0, 0.05) is 43.0 Å². The Morgan fingerprint density at radius 3 is 2.27 bits per heavy atom. The summed E-state index contributed by atoms with van der Waals surface area (Å²) in [6, 6.07) is 8.63. The molecule has 0 bridgehead atoms. The maximum absolute atomic E-state index is 13.8. The van der Waals surface area contributed by atoms with Crippen molar-refractivity contribution >= 4 is 23.3 Å². The van der Waals surface area contributed by atoms with Crippen LogP contribution in [0.15, 0.2) is 42.5 Å². The van der Waals surface area contributed by atoms with Crippen LogP contribution < -0.4 is 19.7 Å². The van der Waals surface area contributed by atoms with E-state index < -0.39 is 18.1 Å². The molecule has 0 aliphatic carbocycles. The highest BCUT2D eigenvalue weighted by Crippen LogP contribution is 2.46. The number of hydrogen-bond acceptors (Lipinski definition) is 4. The monoisotopic (exact) mass is 445 g/mol. The number of halogens is 5. The van der Waals surface area contributed by atoms with E-state index in [4.69, 9.17) is 21.1 Å². The predicted octanol–water partition coefficient (Wildman–Crippen LogP) is 4.00. The van der Waals surface area contributed by atoms with E-state index in [1.54, 1.807) is 12.1 Å². The SMILES string of the molecule is O=C(NC1(C(F)(F)F)Oc2ccc(Cl)cc2O1)N1CCN(c2ccc(F)cc2)CC1. The number of carbonyl (C=O) groups is 1. The van der Waals surface area contributed by atoms with Crippen molar-refractivity contribution in [2.75, 3.05) is 31.1 Å². The van der Waals surface area contributed by atoms with Crippen molar-refractivity contribution < 1.29 is 31.8 Å². The van der Waals surface area contributed by atoms with Crippen LogP contribution in [0.2, 0.25) is 5.02 Å². The highest BCUT2D eigenvalue weighted by Gasteiger charge is 2.66. The molecule has 2 aliphatic rings. The van der Waals surface area contributed by atoms with Crippen LogP contribution in [0.5, 0.6) is 11.5 Å². The lowest BCUT2D eigenvalue weighted by Crippen LogP contribution is -2.67. The van der Waals surface area contributed by atoms with Crippen LogP contribution in [0.25, 0.3) is 0 Å². The van der Waals surface area contributed by atoms with E-state index >= 15 is 0 Å². The van der Waals surface area contributed by atoms with Crippen LogP contribution in [0.3, 0.4) is 0 Å². The normalized spacial score (nSPS) is 21.0. The molecular formula is C19H16ClF4N3O3. The number of nitrogens with one attached hydrogen (secondary N) is 1. The smallest absolute Gasteiger partial charge is 0.424 e. The lowest BCUT2D eigenvalue weighted by molar-refractivity contribution is -0.318. The minimum absolute atomic E-state index is 0.163. The van der Waals surface area contributed by atoms with E-state index in [2.05, 4.69) is 0 Å². The molecule has 1 atom stereocenters. The van der Waals surface area contributed by atoms with Crippen molar-refractivity contribution in [3.05, 3.63) is 53.3 Å². The van der Waals surface area contributed by atoms with Gasteiger partial charge in [-0.1, -0.05) is 11.6 Å². The molecule has 4 rings (SSSR count). The van der Waals surface area contributed by atoms with Gasteiger partial charge in [0.25, 0.3) is 0 Å². The van der Waals surface area contributed by atoms with Crippen molar-refractivity contribution in [3.63, 3.8) is 0 Å². The number of ether oxygens (including phenoxy) is 2. The first-order chi connectivity index (χ1) is 14.2. The largest absolute Gasteiger partial charge is 0.492 e. The van der Waals surface area contributed by atoms with Crippen molar-refractivity contribution in [2.24, 2.45) is 0 Å². The average molecular weight is 446 g/mol. The molecule has 0 saturated carbocycles. The Bertz CT molecular complexity index is 949. The third kappa shape index (κ3) is 3.79. The van der Waals surface area contributed by atoms with Crippen LogP contribution in [0.1, 0.15) is 0 Å². The van der Waals surface area contributed by atoms with Crippen molar-refractivity contribution in [2.45, 2.75) is 12.1 Å². The first-order valence-corrected chi connectivity index (χ1v) is 9.37. The third-order valence-corrected chi connectivity index (χ3v) is 5.05. The molecule has 1 saturated heterocycles.